The van der Waals surface area contributed by atoms with Crippen LogP contribution >= 0.6 is 24.0 Å². The molecule has 1 aromatic carbocycles. The summed E-state index contributed by atoms with van der Waals surface area (Å²) in [6, 6.07) is 9.45. The predicted octanol–water partition coefficient (Wildman–Crippen LogP) is 1.54. The number of hydrogen-bond acceptors (Lipinski definition) is 2. The molecule has 0 unspecified atom stereocenters. The van der Waals surface area contributed by atoms with Crippen molar-refractivity contribution in [2.45, 2.75) is 13.8 Å². The number of guanidine groups is 1. The highest BCUT2D eigenvalue weighted by molar-refractivity contribution is 14.0. The van der Waals surface area contributed by atoms with E-state index in [4.69, 9.17) is 11.5 Å². The summed E-state index contributed by atoms with van der Waals surface area (Å²) in [6.45, 7) is 3.72. The second-order valence-electron chi connectivity index (χ2n) is 4.44. The van der Waals surface area contributed by atoms with E-state index in [0.717, 1.165) is 5.69 Å². The molecule has 0 aromatic heterocycles. The van der Waals surface area contributed by atoms with Crippen LogP contribution in [0.4, 0.5) is 5.69 Å². The lowest BCUT2D eigenvalue weighted by Crippen LogP contribution is -2.35. The number of anilines is 1. The zero-order valence-corrected chi connectivity index (χ0v) is 12.8. The number of nitrogens with one attached hydrogen (secondary N) is 1. The Balaban J connectivity index is 0.00000289. The first kappa shape index (κ1) is 16.7. The van der Waals surface area contributed by atoms with Crippen LogP contribution < -0.4 is 16.8 Å². The molecule has 0 radical (unpaired) electrons. The van der Waals surface area contributed by atoms with Crippen molar-refractivity contribution in [2.24, 2.45) is 21.9 Å². The summed E-state index contributed by atoms with van der Waals surface area (Å²) >= 11 is 0. The quantitative estimate of drug-likeness (QED) is 0.431. The monoisotopic (exact) mass is 362 g/mol. The van der Waals surface area contributed by atoms with E-state index in [1.807, 2.05) is 30.3 Å². The van der Waals surface area contributed by atoms with Crippen LogP contribution in [-0.2, 0) is 4.79 Å². The minimum absolute atomic E-state index is 0. The molecule has 0 aliphatic heterocycles. The van der Waals surface area contributed by atoms with Gasteiger partial charge in [-0.3, -0.25) is 9.79 Å². The minimum Gasteiger partial charge on any atom is -0.370 e. The van der Waals surface area contributed by atoms with Gasteiger partial charge < -0.3 is 16.8 Å². The zero-order chi connectivity index (χ0) is 12.9. The Bertz CT molecular complexity index is 417. The molecule has 0 saturated carbocycles. The third kappa shape index (κ3) is 5.35. The molecule has 5 N–H and O–H groups in total. The van der Waals surface area contributed by atoms with E-state index < -0.39 is 11.3 Å². The molecule has 0 bridgehead atoms. The van der Waals surface area contributed by atoms with E-state index in [9.17, 15) is 4.79 Å². The molecule has 18 heavy (non-hydrogen) atoms. The summed E-state index contributed by atoms with van der Waals surface area (Å²) in [6.07, 6.45) is 0. The number of rotatable bonds is 4. The van der Waals surface area contributed by atoms with Crippen molar-refractivity contribution in [2.75, 3.05) is 11.9 Å². The fourth-order valence-corrected chi connectivity index (χ4v) is 1.07. The summed E-state index contributed by atoms with van der Waals surface area (Å²) in [5, 5.41) is 2.93. The number of halogens is 1. The van der Waals surface area contributed by atoms with Gasteiger partial charge in [0.1, 0.15) is 0 Å². The van der Waals surface area contributed by atoms with Crippen LogP contribution in [0.15, 0.2) is 35.3 Å². The number of para-hydroxylation sites is 1. The molecule has 1 aromatic rings. The van der Waals surface area contributed by atoms with Gasteiger partial charge in [0.25, 0.3) is 0 Å². The number of carbonyl (C=O) groups excluding carboxylic acids is 1. The van der Waals surface area contributed by atoms with Crippen LogP contribution in [-0.4, -0.2) is 18.4 Å². The van der Waals surface area contributed by atoms with Crippen LogP contribution in [0.1, 0.15) is 13.8 Å². The molecule has 0 aliphatic rings. The van der Waals surface area contributed by atoms with Crippen molar-refractivity contribution in [3.05, 3.63) is 30.3 Å². The molecule has 0 aliphatic carbocycles. The van der Waals surface area contributed by atoms with Crippen LogP contribution in [0.5, 0.6) is 0 Å². The van der Waals surface area contributed by atoms with Crippen molar-refractivity contribution in [1.82, 2.24) is 0 Å². The molecular formula is C12H19IN4O. The number of nitrogens with two attached hydrogens (primary N) is 2. The summed E-state index contributed by atoms with van der Waals surface area (Å²) < 4.78 is 0. The molecule has 0 heterocycles. The van der Waals surface area contributed by atoms with E-state index >= 15 is 0 Å². The van der Waals surface area contributed by atoms with Gasteiger partial charge in [0, 0.05) is 5.69 Å². The van der Waals surface area contributed by atoms with E-state index in [2.05, 4.69) is 10.3 Å². The second kappa shape index (κ2) is 7.20. The standard InChI is InChI=1S/C12H18N4O.HI/c1-12(2,10(13)17)8-15-11(14)16-9-6-4-3-5-7-9;/h3-7H,8H2,1-2H3,(H2,13,17)(H3,14,15,16);1H. The maximum Gasteiger partial charge on any atom is 0.224 e. The number of benzene rings is 1. The Kier molecular flexibility index (Phi) is 6.67. The van der Waals surface area contributed by atoms with Gasteiger partial charge in [0.2, 0.25) is 5.91 Å². The van der Waals surface area contributed by atoms with Gasteiger partial charge in [-0.1, -0.05) is 18.2 Å². The van der Waals surface area contributed by atoms with Gasteiger partial charge in [-0.25, -0.2) is 0 Å². The van der Waals surface area contributed by atoms with Crippen LogP contribution in [0.3, 0.4) is 0 Å². The predicted molar refractivity (Wildman–Crippen MR) is 84.9 cm³/mol. The van der Waals surface area contributed by atoms with Gasteiger partial charge in [-0.2, -0.15) is 0 Å². The minimum atomic E-state index is -0.691. The van der Waals surface area contributed by atoms with Gasteiger partial charge in [0.05, 0.1) is 12.0 Å². The Morgan fingerprint density at radius 3 is 2.33 bits per heavy atom. The van der Waals surface area contributed by atoms with Crippen molar-refractivity contribution in [3.63, 3.8) is 0 Å². The molecule has 1 rings (SSSR count). The van der Waals surface area contributed by atoms with E-state index in [-0.39, 0.29) is 36.5 Å². The maximum atomic E-state index is 11.1. The molecule has 0 spiro atoms. The van der Waals surface area contributed by atoms with Gasteiger partial charge in [0.15, 0.2) is 5.96 Å². The fourth-order valence-electron chi connectivity index (χ4n) is 1.07. The molecule has 5 nitrogen and oxygen atoms in total. The molecule has 6 heteroatoms. The van der Waals surface area contributed by atoms with Crippen molar-refractivity contribution >= 4 is 41.5 Å². The highest BCUT2D eigenvalue weighted by Gasteiger charge is 2.24. The summed E-state index contributed by atoms with van der Waals surface area (Å²) in [7, 11) is 0. The first-order chi connectivity index (χ1) is 7.92. The first-order valence-electron chi connectivity index (χ1n) is 5.34. The molecule has 1 amide bonds. The summed E-state index contributed by atoms with van der Waals surface area (Å²) in [5.41, 5.74) is 11.1. The number of nitrogens with zero attached hydrogens (tertiary/aromatic N) is 1. The normalized spacial score (nSPS) is 11.6. The first-order valence-corrected chi connectivity index (χ1v) is 5.34. The highest BCUT2D eigenvalue weighted by Crippen LogP contribution is 2.14. The van der Waals surface area contributed by atoms with Crippen molar-refractivity contribution in [3.8, 4) is 0 Å². The average molecular weight is 362 g/mol. The molecule has 0 fully saturated rings. The molecule has 0 saturated heterocycles. The van der Waals surface area contributed by atoms with E-state index in [0.29, 0.717) is 0 Å². The van der Waals surface area contributed by atoms with Crippen molar-refractivity contribution in [1.29, 1.82) is 0 Å². The number of primary amides is 1. The zero-order valence-electron chi connectivity index (χ0n) is 10.5. The van der Waals surface area contributed by atoms with E-state index in [1.165, 1.54) is 0 Å². The Morgan fingerprint density at radius 2 is 1.83 bits per heavy atom. The van der Waals surface area contributed by atoms with Gasteiger partial charge in [-0.15, -0.1) is 24.0 Å². The Labute approximate surface area is 124 Å². The van der Waals surface area contributed by atoms with Crippen LogP contribution in [0, 0.1) is 5.41 Å². The fraction of sp³-hybridized carbons (Fsp3) is 0.333. The molecular weight excluding hydrogens is 343 g/mol. The Morgan fingerprint density at radius 1 is 1.28 bits per heavy atom. The highest BCUT2D eigenvalue weighted by atomic mass is 127. The largest absolute Gasteiger partial charge is 0.370 e. The van der Waals surface area contributed by atoms with E-state index in [1.54, 1.807) is 13.8 Å². The van der Waals surface area contributed by atoms with Gasteiger partial charge in [-0.05, 0) is 26.0 Å². The van der Waals surface area contributed by atoms with Gasteiger partial charge >= 0.3 is 0 Å². The third-order valence-corrected chi connectivity index (χ3v) is 2.36. The topological polar surface area (TPSA) is 93.5 Å². The van der Waals surface area contributed by atoms with Crippen LogP contribution in [0.2, 0.25) is 0 Å². The molecule has 100 valence electrons. The SMILES string of the molecule is CC(C)(CN=C(N)Nc1ccccc1)C(N)=O.I. The number of aliphatic imine (C=N–C) groups is 1. The number of amides is 1. The lowest BCUT2D eigenvalue weighted by Gasteiger charge is -2.17. The third-order valence-electron chi connectivity index (χ3n) is 2.36. The average Bonchev–Trinajstić information content (AvgIpc) is 2.28. The molecule has 0 atom stereocenters. The lowest BCUT2D eigenvalue weighted by atomic mass is 9.93. The number of carbonyl (C=O) groups is 1. The Hall–Kier alpha value is -1.31. The lowest BCUT2D eigenvalue weighted by molar-refractivity contribution is -0.125. The van der Waals surface area contributed by atoms with Crippen molar-refractivity contribution < 1.29 is 4.79 Å². The second-order valence-corrected chi connectivity index (χ2v) is 4.44. The number of hydrogen-bond donors (Lipinski definition) is 3. The summed E-state index contributed by atoms with van der Waals surface area (Å²) in [4.78, 5) is 15.2. The maximum absolute atomic E-state index is 11.1. The summed E-state index contributed by atoms with van der Waals surface area (Å²) in [5.74, 6) is -0.126. The smallest absolute Gasteiger partial charge is 0.224 e. The van der Waals surface area contributed by atoms with Crippen LogP contribution in [0.25, 0.3) is 0 Å².